The summed E-state index contributed by atoms with van der Waals surface area (Å²) in [5.41, 5.74) is 0.296. The number of nitrogens with zero attached hydrogens (tertiary/aromatic N) is 2. The first-order valence-corrected chi connectivity index (χ1v) is 5.51. The monoisotopic (exact) mass is 268 g/mol. The van der Waals surface area contributed by atoms with Crippen LogP contribution in [0.2, 0.25) is 0 Å². The highest BCUT2D eigenvalue weighted by atomic mass is 19.4. The van der Waals surface area contributed by atoms with Gasteiger partial charge >= 0.3 is 6.18 Å². The lowest BCUT2D eigenvalue weighted by molar-refractivity contribution is -0.137. The zero-order chi connectivity index (χ0) is 14.2. The van der Waals surface area contributed by atoms with E-state index in [1.165, 1.54) is 29.8 Å². The minimum absolute atomic E-state index is 0.187. The summed E-state index contributed by atoms with van der Waals surface area (Å²) in [6.07, 6.45) is -4.39. The number of carbonyl (C=O) groups is 1. The average molecular weight is 268 g/mol. The second-order valence-electron chi connectivity index (χ2n) is 4.17. The molecule has 0 spiro atoms. The third-order valence-corrected chi connectivity index (χ3v) is 2.73. The molecule has 6 heteroatoms. The Morgan fingerprint density at radius 3 is 2.47 bits per heavy atom. The van der Waals surface area contributed by atoms with E-state index in [0.717, 1.165) is 12.1 Å². The molecule has 0 amide bonds. The van der Waals surface area contributed by atoms with Gasteiger partial charge in [-0.15, -0.1) is 0 Å². The molecule has 0 N–H and O–H groups in total. The second kappa shape index (κ2) is 4.53. The highest BCUT2D eigenvalue weighted by Gasteiger charge is 2.30. The highest BCUT2D eigenvalue weighted by Crippen LogP contribution is 2.31. The summed E-state index contributed by atoms with van der Waals surface area (Å²) >= 11 is 0. The van der Waals surface area contributed by atoms with E-state index in [1.54, 1.807) is 7.05 Å². The molecule has 0 bridgehead atoms. The number of aromatic nitrogens is 2. The molecule has 0 radical (unpaired) electrons. The number of alkyl halides is 3. The van der Waals surface area contributed by atoms with Gasteiger partial charge in [-0.25, -0.2) is 0 Å². The number of hydrogen-bond acceptors (Lipinski definition) is 2. The molecule has 1 aromatic carbocycles. The molecule has 0 unspecified atom stereocenters. The number of hydrogen-bond donors (Lipinski definition) is 0. The van der Waals surface area contributed by atoms with Crippen molar-refractivity contribution in [3.8, 4) is 11.3 Å². The third-order valence-electron chi connectivity index (χ3n) is 2.73. The lowest BCUT2D eigenvalue weighted by Crippen LogP contribution is -2.04. The Bertz CT molecular complexity index is 629. The Morgan fingerprint density at radius 1 is 1.26 bits per heavy atom. The van der Waals surface area contributed by atoms with Gasteiger partial charge in [0, 0.05) is 19.5 Å². The smallest absolute Gasteiger partial charge is 0.293 e. The number of rotatable bonds is 2. The molecule has 0 saturated carbocycles. The van der Waals surface area contributed by atoms with E-state index in [2.05, 4.69) is 5.10 Å². The first kappa shape index (κ1) is 13.3. The van der Waals surface area contributed by atoms with Crippen molar-refractivity contribution in [1.82, 2.24) is 9.78 Å². The van der Waals surface area contributed by atoms with Crippen molar-refractivity contribution in [1.29, 1.82) is 0 Å². The fourth-order valence-corrected chi connectivity index (χ4v) is 1.79. The summed E-state index contributed by atoms with van der Waals surface area (Å²) < 4.78 is 39.2. The van der Waals surface area contributed by atoms with E-state index in [0.29, 0.717) is 17.0 Å². The zero-order valence-electron chi connectivity index (χ0n) is 10.3. The summed E-state index contributed by atoms with van der Waals surface area (Å²) in [7, 11) is 1.58. The number of ketones is 1. The van der Waals surface area contributed by atoms with Crippen molar-refractivity contribution in [2.24, 2.45) is 7.05 Å². The van der Waals surface area contributed by atoms with E-state index in [1.807, 2.05) is 0 Å². The number of Topliss-reactive ketones (excluding diaryl/α,β-unsaturated/α-hetero) is 1. The van der Waals surface area contributed by atoms with E-state index < -0.39 is 11.7 Å². The van der Waals surface area contributed by atoms with Crippen LogP contribution in [0.25, 0.3) is 11.3 Å². The molecule has 2 aromatic rings. The molecule has 0 fully saturated rings. The molecule has 1 heterocycles. The first-order valence-electron chi connectivity index (χ1n) is 5.51. The quantitative estimate of drug-likeness (QED) is 0.783. The second-order valence-corrected chi connectivity index (χ2v) is 4.17. The van der Waals surface area contributed by atoms with Gasteiger partial charge in [0.2, 0.25) is 0 Å². The summed E-state index contributed by atoms with van der Waals surface area (Å²) in [5.74, 6) is -0.187. The molecule has 0 saturated heterocycles. The van der Waals surface area contributed by atoms with Crippen LogP contribution < -0.4 is 0 Å². The van der Waals surface area contributed by atoms with Gasteiger partial charge in [0.1, 0.15) is 5.69 Å². The van der Waals surface area contributed by atoms with Crippen molar-refractivity contribution >= 4 is 5.78 Å². The Balaban J connectivity index is 2.48. The highest BCUT2D eigenvalue weighted by molar-refractivity contribution is 5.93. The predicted molar refractivity (Wildman–Crippen MR) is 63.7 cm³/mol. The molecular weight excluding hydrogens is 257 g/mol. The lowest BCUT2D eigenvalue weighted by Gasteiger charge is -2.07. The van der Waals surface area contributed by atoms with Crippen LogP contribution in [-0.2, 0) is 13.2 Å². The summed E-state index contributed by atoms with van der Waals surface area (Å²) in [6, 6.07) is 6.35. The minimum Gasteiger partial charge on any atom is -0.293 e. The zero-order valence-corrected chi connectivity index (χ0v) is 10.3. The van der Waals surface area contributed by atoms with Gasteiger partial charge in [-0.3, -0.25) is 9.48 Å². The van der Waals surface area contributed by atoms with Crippen LogP contribution in [0.3, 0.4) is 0 Å². The Labute approximate surface area is 107 Å². The number of carbonyl (C=O) groups excluding carboxylic acids is 1. The van der Waals surface area contributed by atoms with E-state index >= 15 is 0 Å². The van der Waals surface area contributed by atoms with Crippen molar-refractivity contribution in [2.45, 2.75) is 13.1 Å². The Morgan fingerprint density at radius 2 is 1.95 bits per heavy atom. The van der Waals surface area contributed by atoms with Gasteiger partial charge < -0.3 is 0 Å². The van der Waals surface area contributed by atoms with Gasteiger partial charge in [-0.1, -0.05) is 12.1 Å². The van der Waals surface area contributed by atoms with Gasteiger partial charge in [0.25, 0.3) is 0 Å². The largest absolute Gasteiger partial charge is 0.416 e. The summed E-state index contributed by atoms with van der Waals surface area (Å²) in [5, 5.41) is 4.05. The Hall–Kier alpha value is -2.11. The van der Waals surface area contributed by atoms with Crippen LogP contribution in [0.5, 0.6) is 0 Å². The maximum absolute atomic E-state index is 12.6. The maximum Gasteiger partial charge on any atom is 0.416 e. The molecule has 3 nitrogen and oxygen atoms in total. The lowest BCUT2D eigenvalue weighted by atomic mass is 10.1. The van der Waals surface area contributed by atoms with Gasteiger partial charge in [-0.2, -0.15) is 18.3 Å². The molecule has 0 aliphatic rings. The van der Waals surface area contributed by atoms with Crippen LogP contribution in [0.4, 0.5) is 13.2 Å². The van der Waals surface area contributed by atoms with Crippen molar-refractivity contribution in [3.63, 3.8) is 0 Å². The molecule has 1 aromatic heterocycles. The van der Waals surface area contributed by atoms with Crippen molar-refractivity contribution in [2.75, 3.05) is 0 Å². The van der Waals surface area contributed by atoms with Crippen LogP contribution >= 0.6 is 0 Å². The summed E-state index contributed by atoms with van der Waals surface area (Å²) in [4.78, 5) is 11.3. The SMILES string of the molecule is CC(=O)c1cc(-c2cccc(C(F)(F)F)c2)nn1C. The molecular formula is C13H11F3N2O. The van der Waals surface area contributed by atoms with E-state index in [4.69, 9.17) is 0 Å². The van der Waals surface area contributed by atoms with Gasteiger partial charge in [-0.05, 0) is 18.2 Å². The topological polar surface area (TPSA) is 34.9 Å². The number of benzene rings is 1. The molecule has 2 rings (SSSR count). The minimum atomic E-state index is -4.39. The number of aryl methyl sites for hydroxylation is 1. The van der Waals surface area contributed by atoms with Crippen molar-refractivity contribution in [3.05, 3.63) is 41.6 Å². The van der Waals surface area contributed by atoms with Crippen LogP contribution in [-0.4, -0.2) is 15.6 Å². The van der Waals surface area contributed by atoms with Crippen molar-refractivity contribution < 1.29 is 18.0 Å². The van der Waals surface area contributed by atoms with Crippen LogP contribution in [0, 0.1) is 0 Å². The molecule has 0 aliphatic heterocycles. The normalized spacial score (nSPS) is 11.6. The fourth-order valence-electron chi connectivity index (χ4n) is 1.79. The summed E-state index contributed by atoms with van der Waals surface area (Å²) in [6.45, 7) is 1.38. The van der Waals surface area contributed by atoms with Gasteiger partial charge in [0.15, 0.2) is 5.78 Å². The van der Waals surface area contributed by atoms with Crippen LogP contribution in [0.15, 0.2) is 30.3 Å². The molecule has 19 heavy (non-hydrogen) atoms. The maximum atomic E-state index is 12.6. The standard InChI is InChI=1S/C13H11F3N2O/c1-8(19)12-7-11(17-18(12)2)9-4-3-5-10(6-9)13(14,15)16/h3-7H,1-2H3. The van der Waals surface area contributed by atoms with E-state index in [-0.39, 0.29) is 5.78 Å². The number of halogens is 3. The van der Waals surface area contributed by atoms with E-state index in [9.17, 15) is 18.0 Å². The molecule has 0 aliphatic carbocycles. The molecule has 100 valence electrons. The van der Waals surface area contributed by atoms with Crippen LogP contribution in [0.1, 0.15) is 23.0 Å². The molecule has 0 atom stereocenters. The predicted octanol–water partition coefficient (Wildman–Crippen LogP) is 3.31. The third kappa shape index (κ3) is 2.67. The van der Waals surface area contributed by atoms with Gasteiger partial charge in [0.05, 0.1) is 11.3 Å². The fraction of sp³-hybridized carbons (Fsp3) is 0.231. The average Bonchev–Trinajstić information content (AvgIpc) is 2.70. The first-order chi connectivity index (χ1) is 8.79. The Kier molecular flexibility index (Phi) is 3.18.